The van der Waals surface area contributed by atoms with Crippen LogP contribution in [0.1, 0.15) is 52.9 Å². The van der Waals surface area contributed by atoms with E-state index in [4.69, 9.17) is 0 Å². The van der Waals surface area contributed by atoms with Gasteiger partial charge in [0.05, 0.1) is 5.92 Å². The first-order valence-corrected chi connectivity index (χ1v) is 10.3. The van der Waals surface area contributed by atoms with E-state index in [9.17, 15) is 13.2 Å². The summed E-state index contributed by atoms with van der Waals surface area (Å²) < 4.78 is 28.7. The van der Waals surface area contributed by atoms with Crippen LogP contribution in [0.4, 0.5) is 0 Å². The predicted octanol–water partition coefficient (Wildman–Crippen LogP) is 1.59. The second-order valence-corrected chi connectivity index (χ2v) is 9.03. The van der Waals surface area contributed by atoms with Crippen LogP contribution < -0.4 is 5.32 Å². The highest BCUT2D eigenvalue weighted by Gasteiger charge is 2.37. The third-order valence-corrected chi connectivity index (χ3v) is 7.15. The predicted molar refractivity (Wildman–Crippen MR) is 91.1 cm³/mol. The Balaban J connectivity index is 1.98. The highest BCUT2D eigenvalue weighted by atomic mass is 32.2. The van der Waals surface area contributed by atoms with Crippen LogP contribution >= 0.6 is 0 Å². The maximum absolute atomic E-state index is 12.8. The molecule has 0 spiro atoms. The van der Waals surface area contributed by atoms with Crippen molar-refractivity contribution in [3.8, 4) is 0 Å². The molecule has 7 heteroatoms. The first-order chi connectivity index (χ1) is 10.8. The van der Waals surface area contributed by atoms with Gasteiger partial charge in [-0.2, -0.15) is 17.0 Å². The van der Waals surface area contributed by atoms with E-state index in [0.717, 1.165) is 32.1 Å². The molecule has 0 aromatic heterocycles. The summed E-state index contributed by atoms with van der Waals surface area (Å²) in [4.78, 5) is 12.3. The van der Waals surface area contributed by atoms with Crippen molar-refractivity contribution >= 4 is 16.1 Å². The number of piperidine rings is 2. The van der Waals surface area contributed by atoms with Crippen molar-refractivity contribution in [3.63, 3.8) is 0 Å². The third kappa shape index (κ3) is 4.67. The lowest BCUT2D eigenvalue weighted by Gasteiger charge is -2.37. The zero-order valence-corrected chi connectivity index (χ0v) is 15.4. The number of hydrogen-bond acceptors (Lipinski definition) is 3. The molecule has 2 aliphatic rings. The Hall–Kier alpha value is -0.660. The Morgan fingerprint density at radius 3 is 2.43 bits per heavy atom. The number of nitrogens with one attached hydrogen (secondary N) is 1. The summed E-state index contributed by atoms with van der Waals surface area (Å²) in [5.74, 6) is 0.361. The summed E-state index contributed by atoms with van der Waals surface area (Å²) in [6, 6.07) is 0.137. The van der Waals surface area contributed by atoms with Crippen molar-refractivity contribution in [2.24, 2.45) is 11.8 Å². The Bertz CT molecular complexity index is 501. The third-order valence-electron chi connectivity index (χ3n) is 5.15. The molecule has 0 aromatic rings. The second kappa shape index (κ2) is 7.94. The normalized spacial score (nSPS) is 26.8. The Labute approximate surface area is 140 Å². The fourth-order valence-electron chi connectivity index (χ4n) is 3.21. The van der Waals surface area contributed by atoms with Gasteiger partial charge < -0.3 is 5.32 Å². The van der Waals surface area contributed by atoms with Gasteiger partial charge in [0, 0.05) is 32.2 Å². The van der Waals surface area contributed by atoms with Gasteiger partial charge in [-0.05, 0) is 44.9 Å². The fourth-order valence-corrected chi connectivity index (χ4v) is 4.93. The van der Waals surface area contributed by atoms with E-state index >= 15 is 0 Å². The van der Waals surface area contributed by atoms with Crippen LogP contribution in [0.3, 0.4) is 0 Å². The first kappa shape index (κ1) is 18.7. The second-order valence-electron chi connectivity index (χ2n) is 7.10. The number of hydrogen-bond donors (Lipinski definition) is 1. The van der Waals surface area contributed by atoms with Gasteiger partial charge in [-0.25, -0.2) is 0 Å². The van der Waals surface area contributed by atoms with Gasteiger partial charge in [0.1, 0.15) is 0 Å². The molecule has 0 radical (unpaired) electrons. The first-order valence-electron chi connectivity index (χ1n) is 8.90. The van der Waals surface area contributed by atoms with Crippen LogP contribution in [0.25, 0.3) is 0 Å². The SMILES string of the molecule is CCC(C)NC(=O)C1CCCN(S(=O)(=O)N2CCC(C)CC2)C1. The van der Waals surface area contributed by atoms with E-state index in [2.05, 4.69) is 12.2 Å². The minimum atomic E-state index is -3.42. The zero-order chi connectivity index (χ0) is 17.0. The molecule has 6 nitrogen and oxygen atoms in total. The van der Waals surface area contributed by atoms with E-state index < -0.39 is 10.2 Å². The van der Waals surface area contributed by atoms with E-state index in [1.165, 1.54) is 4.31 Å². The molecule has 2 heterocycles. The standard InChI is InChI=1S/C16H31N3O3S/c1-4-14(3)17-16(20)15-6-5-9-19(12-15)23(21,22)18-10-7-13(2)8-11-18/h13-15H,4-12H2,1-3H3,(H,17,20). The van der Waals surface area contributed by atoms with Gasteiger partial charge in [-0.1, -0.05) is 13.8 Å². The van der Waals surface area contributed by atoms with Crippen LogP contribution in [0.5, 0.6) is 0 Å². The lowest BCUT2D eigenvalue weighted by molar-refractivity contribution is -0.126. The number of carbonyl (C=O) groups is 1. The van der Waals surface area contributed by atoms with Crippen molar-refractivity contribution in [2.75, 3.05) is 26.2 Å². The Kier molecular flexibility index (Phi) is 6.45. The quantitative estimate of drug-likeness (QED) is 0.823. The molecule has 0 saturated carbocycles. The van der Waals surface area contributed by atoms with Crippen molar-refractivity contribution in [1.29, 1.82) is 0 Å². The largest absolute Gasteiger partial charge is 0.353 e. The van der Waals surface area contributed by atoms with Crippen LogP contribution in [0.15, 0.2) is 0 Å². The Morgan fingerprint density at radius 2 is 1.83 bits per heavy atom. The smallest absolute Gasteiger partial charge is 0.281 e. The van der Waals surface area contributed by atoms with E-state index in [0.29, 0.717) is 32.1 Å². The van der Waals surface area contributed by atoms with Gasteiger partial charge in [0.2, 0.25) is 5.91 Å². The average molecular weight is 346 g/mol. The summed E-state index contributed by atoms with van der Waals surface area (Å²) >= 11 is 0. The topological polar surface area (TPSA) is 69.7 Å². The summed E-state index contributed by atoms with van der Waals surface area (Å²) in [5, 5.41) is 2.98. The molecule has 2 unspecified atom stereocenters. The van der Waals surface area contributed by atoms with Crippen LogP contribution in [0, 0.1) is 11.8 Å². The van der Waals surface area contributed by atoms with E-state index in [-0.39, 0.29) is 17.9 Å². The number of nitrogens with zero attached hydrogens (tertiary/aromatic N) is 2. The molecule has 0 aromatic carbocycles. The van der Waals surface area contributed by atoms with Gasteiger partial charge in [0.15, 0.2) is 0 Å². The summed E-state index contributed by atoms with van der Waals surface area (Å²) in [6.07, 6.45) is 4.25. The molecule has 2 saturated heterocycles. The van der Waals surface area contributed by atoms with Crippen LogP contribution in [-0.2, 0) is 15.0 Å². The minimum absolute atomic E-state index is 0.00786. The van der Waals surface area contributed by atoms with Crippen LogP contribution in [0.2, 0.25) is 0 Å². The monoisotopic (exact) mass is 345 g/mol. The maximum atomic E-state index is 12.8. The molecule has 23 heavy (non-hydrogen) atoms. The number of rotatable bonds is 5. The molecule has 0 bridgehead atoms. The molecular formula is C16H31N3O3S. The molecule has 2 fully saturated rings. The van der Waals surface area contributed by atoms with Crippen LogP contribution in [-0.4, -0.2) is 55.2 Å². The van der Waals surface area contributed by atoms with Gasteiger partial charge in [-0.15, -0.1) is 0 Å². The highest BCUT2D eigenvalue weighted by molar-refractivity contribution is 7.86. The fraction of sp³-hybridized carbons (Fsp3) is 0.938. The van der Waals surface area contributed by atoms with Crippen molar-refractivity contribution < 1.29 is 13.2 Å². The average Bonchev–Trinajstić information content (AvgIpc) is 2.55. The molecule has 1 N–H and O–H groups in total. The Morgan fingerprint density at radius 1 is 1.17 bits per heavy atom. The zero-order valence-electron chi connectivity index (χ0n) is 14.6. The van der Waals surface area contributed by atoms with Gasteiger partial charge in [-0.3, -0.25) is 4.79 Å². The molecule has 1 amide bonds. The molecular weight excluding hydrogens is 314 g/mol. The summed E-state index contributed by atoms with van der Waals surface area (Å²) in [7, 11) is -3.42. The van der Waals surface area contributed by atoms with Crippen molar-refractivity contribution in [1.82, 2.24) is 13.9 Å². The van der Waals surface area contributed by atoms with Gasteiger partial charge >= 0.3 is 0 Å². The van der Waals surface area contributed by atoms with E-state index in [1.54, 1.807) is 4.31 Å². The molecule has 2 atom stereocenters. The lowest BCUT2D eigenvalue weighted by Crippen LogP contribution is -2.52. The summed E-state index contributed by atoms with van der Waals surface area (Å²) in [5.41, 5.74) is 0. The van der Waals surface area contributed by atoms with E-state index in [1.807, 2.05) is 13.8 Å². The molecule has 134 valence electrons. The lowest BCUT2D eigenvalue weighted by atomic mass is 9.98. The summed E-state index contributed by atoms with van der Waals surface area (Å²) in [6.45, 7) is 8.22. The van der Waals surface area contributed by atoms with Crippen molar-refractivity contribution in [2.45, 2.75) is 58.9 Å². The van der Waals surface area contributed by atoms with Crippen molar-refractivity contribution in [3.05, 3.63) is 0 Å². The minimum Gasteiger partial charge on any atom is -0.353 e. The number of amides is 1. The highest BCUT2D eigenvalue weighted by Crippen LogP contribution is 2.25. The molecule has 0 aliphatic carbocycles. The number of carbonyl (C=O) groups excluding carboxylic acids is 1. The maximum Gasteiger partial charge on any atom is 0.281 e. The molecule has 2 aliphatic heterocycles. The van der Waals surface area contributed by atoms with Gasteiger partial charge in [0.25, 0.3) is 10.2 Å². The molecule has 2 rings (SSSR count).